The van der Waals surface area contributed by atoms with Crippen LogP contribution in [0, 0.1) is 5.82 Å². The highest BCUT2D eigenvalue weighted by atomic mass is 32.2. The van der Waals surface area contributed by atoms with Crippen molar-refractivity contribution >= 4 is 27.3 Å². The predicted octanol–water partition coefficient (Wildman–Crippen LogP) is 2.01. The van der Waals surface area contributed by atoms with Crippen molar-refractivity contribution < 1.29 is 27.1 Å². The van der Waals surface area contributed by atoms with E-state index in [0.29, 0.717) is 11.4 Å². The Kier molecular flexibility index (Phi) is 7.11. The number of methoxy groups -OCH3 is 1. The largest absolute Gasteiger partial charge is 0.496 e. The molecule has 2 N–H and O–H groups in total. The minimum atomic E-state index is -3.35. The number of sulfone groups is 1. The maximum atomic E-state index is 13.0. The summed E-state index contributed by atoms with van der Waals surface area (Å²) in [6.45, 7) is 0. The fourth-order valence-electron chi connectivity index (χ4n) is 2.43. The first-order chi connectivity index (χ1) is 13.2. The van der Waals surface area contributed by atoms with Crippen LogP contribution < -0.4 is 15.4 Å². The van der Waals surface area contributed by atoms with Crippen LogP contribution in [0.25, 0.3) is 0 Å². The Morgan fingerprint density at radius 3 is 2.36 bits per heavy atom. The molecule has 150 valence electrons. The Balaban J connectivity index is 2.19. The molecule has 2 aromatic carbocycles. The van der Waals surface area contributed by atoms with Crippen LogP contribution >= 0.6 is 0 Å². The van der Waals surface area contributed by atoms with Crippen LogP contribution in [0.15, 0.2) is 48.5 Å². The van der Waals surface area contributed by atoms with Crippen molar-refractivity contribution in [1.29, 1.82) is 0 Å². The molecule has 0 heterocycles. The third-order valence-electron chi connectivity index (χ3n) is 3.86. The number of carbonyl (C=O) groups excluding carboxylic acids is 2. The van der Waals surface area contributed by atoms with E-state index in [9.17, 15) is 22.4 Å². The van der Waals surface area contributed by atoms with E-state index in [1.165, 1.54) is 37.4 Å². The van der Waals surface area contributed by atoms with E-state index >= 15 is 0 Å². The van der Waals surface area contributed by atoms with E-state index in [4.69, 9.17) is 4.74 Å². The van der Waals surface area contributed by atoms with Gasteiger partial charge in [0, 0.05) is 11.9 Å². The van der Waals surface area contributed by atoms with Crippen LogP contribution in [0.2, 0.25) is 0 Å². The Bertz CT molecular complexity index is 945. The molecule has 0 aliphatic rings. The number of benzene rings is 2. The molecule has 1 atom stereocenters. The standard InChI is InChI=1S/C19H21FN2O5S/c1-27-17-6-4-3-5-15(17)18(23)22-16(11-12-28(2,25)26)19(24)21-14-9-7-13(20)8-10-14/h3-10,16H,11-12H2,1-2H3,(H,21,24)(H,22,23)/t16-/m0/s1. The van der Waals surface area contributed by atoms with E-state index in [2.05, 4.69) is 10.6 Å². The van der Waals surface area contributed by atoms with Crippen LogP contribution in [0.4, 0.5) is 10.1 Å². The SMILES string of the molecule is COc1ccccc1C(=O)N[C@@H](CCS(C)(=O)=O)C(=O)Nc1ccc(F)cc1. The maximum Gasteiger partial charge on any atom is 0.255 e. The van der Waals surface area contributed by atoms with Crippen LogP contribution in [0.1, 0.15) is 16.8 Å². The summed E-state index contributed by atoms with van der Waals surface area (Å²) in [5.41, 5.74) is 0.534. The van der Waals surface area contributed by atoms with Gasteiger partial charge in [0.15, 0.2) is 0 Å². The van der Waals surface area contributed by atoms with Gasteiger partial charge in [-0.15, -0.1) is 0 Å². The Morgan fingerprint density at radius 1 is 1.11 bits per heavy atom. The summed E-state index contributed by atoms with van der Waals surface area (Å²) in [6, 6.07) is 10.4. The number of rotatable bonds is 8. The van der Waals surface area contributed by atoms with Crippen LogP contribution in [-0.2, 0) is 14.6 Å². The highest BCUT2D eigenvalue weighted by Gasteiger charge is 2.24. The molecule has 0 radical (unpaired) electrons. The van der Waals surface area contributed by atoms with E-state index < -0.39 is 33.5 Å². The van der Waals surface area contributed by atoms with Gasteiger partial charge < -0.3 is 15.4 Å². The highest BCUT2D eigenvalue weighted by molar-refractivity contribution is 7.90. The summed E-state index contributed by atoms with van der Waals surface area (Å²) < 4.78 is 41.2. The van der Waals surface area contributed by atoms with Gasteiger partial charge in [-0.1, -0.05) is 12.1 Å². The number of carbonyl (C=O) groups is 2. The average molecular weight is 408 g/mol. The number of para-hydroxylation sites is 1. The lowest BCUT2D eigenvalue weighted by molar-refractivity contribution is -0.118. The molecule has 2 amide bonds. The van der Waals surface area contributed by atoms with Gasteiger partial charge in [-0.05, 0) is 42.8 Å². The normalized spacial score (nSPS) is 12.1. The Labute approximate surface area is 162 Å². The van der Waals surface area contributed by atoms with E-state index in [0.717, 1.165) is 6.26 Å². The van der Waals surface area contributed by atoms with E-state index in [-0.39, 0.29) is 17.7 Å². The molecule has 0 bridgehead atoms. The van der Waals surface area contributed by atoms with Crippen molar-refractivity contribution in [3.63, 3.8) is 0 Å². The van der Waals surface area contributed by atoms with Crippen molar-refractivity contribution in [2.75, 3.05) is 24.4 Å². The van der Waals surface area contributed by atoms with Gasteiger partial charge in [-0.2, -0.15) is 0 Å². The summed E-state index contributed by atoms with van der Waals surface area (Å²) in [7, 11) is -1.94. The first-order valence-corrected chi connectivity index (χ1v) is 10.4. The van der Waals surface area contributed by atoms with Crippen LogP contribution in [-0.4, -0.2) is 45.4 Å². The summed E-state index contributed by atoms with van der Waals surface area (Å²) >= 11 is 0. The van der Waals surface area contributed by atoms with Gasteiger partial charge in [0.05, 0.1) is 18.4 Å². The molecule has 0 aliphatic heterocycles. The van der Waals surface area contributed by atoms with Crippen molar-refractivity contribution in [1.82, 2.24) is 5.32 Å². The maximum absolute atomic E-state index is 13.0. The average Bonchev–Trinajstić information content (AvgIpc) is 2.65. The number of halogens is 1. The molecule has 2 rings (SSSR count). The molecule has 0 unspecified atom stereocenters. The van der Waals surface area contributed by atoms with Crippen molar-refractivity contribution in [3.8, 4) is 5.75 Å². The summed E-state index contributed by atoms with van der Waals surface area (Å²) in [4.78, 5) is 25.2. The molecule has 0 fully saturated rings. The molecule has 0 saturated carbocycles. The van der Waals surface area contributed by atoms with E-state index in [1.54, 1.807) is 18.2 Å². The summed E-state index contributed by atoms with van der Waals surface area (Å²) in [5, 5.41) is 5.09. The topological polar surface area (TPSA) is 102 Å². The molecule has 0 spiro atoms. The van der Waals surface area contributed by atoms with Gasteiger partial charge in [-0.25, -0.2) is 12.8 Å². The van der Waals surface area contributed by atoms with Crippen molar-refractivity contribution in [2.45, 2.75) is 12.5 Å². The second-order valence-electron chi connectivity index (χ2n) is 6.14. The first kappa shape index (κ1) is 21.4. The molecular formula is C19H21FN2O5S. The number of hydrogen-bond acceptors (Lipinski definition) is 5. The van der Waals surface area contributed by atoms with Gasteiger partial charge in [0.25, 0.3) is 5.91 Å². The lowest BCUT2D eigenvalue weighted by atomic mass is 10.1. The van der Waals surface area contributed by atoms with Crippen LogP contribution in [0.3, 0.4) is 0 Å². The van der Waals surface area contributed by atoms with Crippen molar-refractivity contribution in [3.05, 3.63) is 59.9 Å². The highest BCUT2D eigenvalue weighted by Crippen LogP contribution is 2.17. The summed E-state index contributed by atoms with van der Waals surface area (Å²) in [6.07, 6.45) is 0.927. The molecule has 7 nitrogen and oxygen atoms in total. The zero-order valence-corrected chi connectivity index (χ0v) is 16.3. The molecular weight excluding hydrogens is 387 g/mol. The van der Waals surface area contributed by atoms with Gasteiger partial charge in [0.2, 0.25) is 5.91 Å². The van der Waals surface area contributed by atoms with Crippen molar-refractivity contribution in [2.24, 2.45) is 0 Å². The molecule has 28 heavy (non-hydrogen) atoms. The quantitative estimate of drug-likeness (QED) is 0.696. The van der Waals surface area contributed by atoms with Crippen LogP contribution in [0.5, 0.6) is 5.75 Å². The third kappa shape index (κ3) is 6.34. The number of nitrogens with one attached hydrogen (secondary N) is 2. The van der Waals surface area contributed by atoms with Gasteiger partial charge in [-0.3, -0.25) is 9.59 Å². The fourth-order valence-corrected chi connectivity index (χ4v) is 3.10. The first-order valence-electron chi connectivity index (χ1n) is 8.37. The predicted molar refractivity (Wildman–Crippen MR) is 104 cm³/mol. The monoisotopic (exact) mass is 408 g/mol. The second-order valence-corrected chi connectivity index (χ2v) is 8.40. The van der Waals surface area contributed by atoms with Gasteiger partial charge in [0.1, 0.15) is 27.4 Å². The zero-order chi connectivity index (χ0) is 20.7. The molecule has 0 saturated heterocycles. The number of anilines is 1. The zero-order valence-electron chi connectivity index (χ0n) is 15.4. The lowest BCUT2D eigenvalue weighted by Crippen LogP contribution is -2.44. The third-order valence-corrected chi connectivity index (χ3v) is 4.84. The summed E-state index contributed by atoms with van der Waals surface area (Å²) in [5.74, 6) is -1.62. The Morgan fingerprint density at radius 2 is 1.75 bits per heavy atom. The molecule has 0 aromatic heterocycles. The molecule has 2 aromatic rings. The Hall–Kier alpha value is -2.94. The minimum Gasteiger partial charge on any atom is -0.496 e. The molecule has 0 aliphatic carbocycles. The van der Waals surface area contributed by atoms with E-state index in [1.807, 2.05) is 0 Å². The fraction of sp³-hybridized carbons (Fsp3) is 0.263. The van der Waals surface area contributed by atoms with Gasteiger partial charge >= 0.3 is 0 Å². The second kappa shape index (κ2) is 9.32. The minimum absolute atomic E-state index is 0.118. The smallest absolute Gasteiger partial charge is 0.255 e. The molecule has 9 heteroatoms. The number of amides is 2. The lowest BCUT2D eigenvalue weighted by Gasteiger charge is -2.19. The number of hydrogen-bond donors (Lipinski definition) is 2. The number of ether oxygens (including phenoxy) is 1.